The molecule has 0 aromatic carbocycles. The Morgan fingerprint density at radius 1 is 1.44 bits per heavy atom. The molecule has 0 spiro atoms. The van der Waals surface area contributed by atoms with E-state index in [1.54, 1.807) is 0 Å². The molecule has 6 heteroatoms. The van der Waals surface area contributed by atoms with Gasteiger partial charge in [0.2, 0.25) is 0 Å². The first-order chi connectivity index (χ1) is 8.31. The van der Waals surface area contributed by atoms with Crippen LogP contribution in [0, 0.1) is 0 Å². The van der Waals surface area contributed by atoms with Crippen molar-refractivity contribution in [2.45, 2.75) is 43.9 Å². The number of hydrogen-bond acceptors (Lipinski definition) is 3. The van der Waals surface area contributed by atoms with Crippen molar-refractivity contribution in [1.82, 2.24) is 4.98 Å². The topological polar surface area (TPSA) is 50.9 Å². The van der Waals surface area contributed by atoms with Crippen molar-refractivity contribution in [3.05, 3.63) is 23.9 Å². The van der Waals surface area contributed by atoms with Crippen molar-refractivity contribution in [1.29, 1.82) is 0 Å². The molecule has 1 aromatic rings. The molecule has 1 heterocycles. The van der Waals surface area contributed by atoms with Crippen LogP contribution in [0.15, 0.2) is 18.3 Å². The van der Waals surface area contributed by atoms with Crippen molar-refractivity contribution in [2.75, 3.05) is 5.32 Å². The van der Waals surface area contributed by atoms with Crippen LogP contribution in [0.25, 0.3) is 0 Å². The third kappa shape index (κ3) is 2.58. The SMILES string of the molecule is C[C@]1(Nc2ccc(C(F)(F)F)cn2)CCC[C@H]1N. The molecule has 1 fully saturated rings. The van der Waals surface area contributed by atoms with E-state index in [1.807, 2.05) is 6.92 Å². The maximum Gasteiger partial charge on any atom is 0.417 e. The lowest BCUT2D eigenvalue weighted by molar-refractivity contribution is -0.137. The quantitative estimate of drug-likeness (QED) is 0.858. The minimum absolute atomic E-state index is 0.00147. The first-order valence-corrected chi connectivity index (χ1v) is 5.88. The van der Waals surface area contributed by atoms with E-state index in [9.17, 15) is 13.2 Å². The number of rotatable bonds is 2. The largest absolute Gasteiger partial charge is 0.417 e. The molecule has 0 saturated heterocycles. The summed E-state index contributed by atoms with van der Waals surface area (Å²) in [4.78, 5) is 3.80. The second-order valence-electron chi connectivity index (χ2n) is 4.97. The van der Waals surface area contributed by atoms with Gasteiger partial charge in [-0.3, -0.25) is 0 Å². The molecule has 2 atom stereocenters. The van der Waals surface area contributed by atoms with E-state index in [0.717, 1.165) is 31.5 Å². The van der Waals surface area contributed by atoms with Crippen LogP contribution in [0.2, 0.25) is 0 Å². The molecule has 2 rings (SSSR count). The highest BCUT2D eigenvalue weighted by molar-refractivity contribution is 5.40. The van der Waals surface area contributed by atoms with Crippen LogP contribution in [-0.2, 0) is 6.18 Å². The van der Waals surface area contributed by atoms with Gasteiger partial charge in [-0.05, 0) is 38.3 Å². The summed E-state index contributed by atoms with van der Waals surface area (Å²) in [6.07, 6.45) is -0.669. The van der Waals surface area contributed by atoms with Gasteiger partial charge in [-0.2, -0.15) is 13.2 Å². The highest BCUT2D eigenvalue weighted by Gasteiger charge is 2.37. The van der Waals surface area contributed by atoms with E-state index in [1.165, 1.54) is 6.07 Å². The number of halogens is 3. The number of pyridine rings is 1. The zero-order valence-electron chi connectivity index (χ0n) is 10.1. The summed E-state index contributed by atoms with van der Waals surface area (Å²) in [6, 6.07) is 2.37. The van der Waals surface area contributed by atoms with E-state index in [4.69, 9.17) is 5.73 Å². The number of hydrogen-bond donors (Lipinski definition) is 2. The number of nitrogens with two attached hydrogens (primary N) is 1. The highest BCUT2D eigenvalue weighted by Crippen LogP contribution is 2.32. The summed E-state index contributed by atoms with van der Waals surface area (Å²) in [6.45, 7) is 1.98. The zero-order chi connectivity index (χ0) is 13.4. The van der Waals surface area contributed by atoms with Crippen molar-refractivity contribution < 1.29 is 13.2 Å². The van der Waals surface area contributed by atoms with Crippen LogP contribution < -0.4 is 11.1 Å². The fourth-order valence-electron chi connectivity index (χ4n) is 2.28. The van der Waals surface area contributed by atoms with Crippen LogP contribution in [0.4, 0.5) is 19.0 Å². The second kappa shape index (κ2) is 4.42. The second-order valence-corrected chi connectivity index (χ2v) is 4.97. The van der Waals surface area contributed by atoms with E-state index in [2.05, 4.69) is 10.3 Å². The third-order valence-corrected chi connectivity index (χ3v) is 3.53. The van der Waals surface area contributed by atoms with Gasteiger partial charge in [-0.15, -0.1) is 0 Å². The summed E-state index contributed by atoms with van der Waals surface area (Å²) in [5.41, 5.74) is 4.96. The molecule has 1 aliphatic rings. The molecular weight excluding hydrogens is 243 g/mol. The fraction of sp³-hybridized carbons (Fsp3) is 0.583. The molecule has 0 aliphatic heterocycles. The smallest absolute Gasteiger partial charge is 0.363 e. The fourth-order valence-corrected chi connectivity index (χ4v) is 2.28. The molecule has 0 radical (unpaired) electrons. The number of nitrogens with zero attached hydrogens (tertiary/aromatic N) is 1. The molecule has 3 N–H and O–H groups in total. The molecule has 0 unspecified atom stereocenters. The van der Waals surface area contributed by atoms with E-state index in [0.29, 0.717) is 5.82 Å². The lowest BCUT2D eigenvalue weighted by Crippen LogP contribution is -2.47. The molecular formula is C12H16F3N3. The average Bonchev–Trinajstić information content (AvgIpc) is 2.58. The molecule has 100 valence electrons. The molecule has 18 heavy (non-hydrogen) atoms. The van der Waals surface area contributed by atoms with Crippen LogP contribution >= 0.6 is 0 Å². The molecule has 1 aliphatic carbocycles. The highest BCUT2D eigenvalue weighted by atomic mass is 19.4. The Morgan fingerprint density at radius 2 is 2.17 bits per heavy atom. The Bertz CT molecular complexity index is 416. The van der Waals surface area contributed by atoms with E-state index < -0.39 is 11.7 Å². The van der Waals surface area contributed by atoms with Gasteiger partial charge in [0, 0.05) is 12.2 Å². The summed E-state index contributed by atoms with van der Waals surface area (Å²) in [5.74, 6) is 0.433. The van der Waals surface area contributed by atoms with Gasteiger partial charge in [0.05, 0.1) is 11.1 Å². The van der Waals surface area contributed by atoms with Crippen molar-refractivity contribution >= 4 is 5.82 Å². The first-order valence-electron chi connectivity index (χ1n) is 5.88. The van der Waals surface area contributed by atoms with E-state index >= 15 is 0 Å². The lowest BCUT2D eigenvalue weighted by Gasteiger charge is -2.31. The predicted octanol–water partition coefficient (Wildman–Crippen LogP) is 2.78. The predicted molar refractivity (Wildman–Crippen MR) is 63.1 cm³/mol. The van der Waals surface area contributed by atoms with Crippen LogP contribution in [-0.4, -0.2) is 16.6 Å². The lowest BCUT2D eigenvalue weighted by atomic mass is 9.96. The summed E-state index contributed by atoms with van der Waals surface area (Å²) < 4.78 is 37.1. The maximum atomic E-state index is 12.4. The minimum Gasteiger partial charge on any atom is -0.363 e. The van der Waals surface area contributed by atoms with Crippen molar-refractivity contribution in [3.8, 4) is 0 Å². The number of alkyl halides is 3. The standard InChI is InChI=1S/C12H16F3N3/c1-11(6-2-3-9(11)16)18-10-5-4-8(7-17-10)12(13,14)15/h4-5,7,9H,2-3,6,16H2,1H3,(H,17,18)/t9-,11+/m1/s1. The summed E-state index contributed by atoms with van der Waals surface area (Å²) >= 11 is 0. The monoisotopic (exact) mass is 259 g/mol. The summed E-state index contributed by atoms with van der Waals surface area (Å²) in [7, 11) is 0. The molecule has 1 saturated carbocycles. The van der Waals surface area contributed by atoms with E-state index in [-0.39, 0.29) is 11.6 Å². The normalized spacial score (nSPS) is 28.4. The number of aromatic nitrogens is 1. The molecule has 1 aromatic heterocycles. The minimum atomic E-state index is -4.35. The Morgan fingerprint density at radius 3 is 2.61 bits per heavy atom. The van der Waals surface area contributed by atoms with Gasteiger partial charge in [-0.25, -0.2) is 4.98 Å². The average molecular weight is 259 g/mol. The van der Waals surface area contributed by atoms with Gasteiger partial charge in [-0.1, -0.05) is 0 Å². The Balaban J connectivity index is 2.11. The van der Waals surface area contributed by atoms with Crippen molar-refractivity contribution in [3.63, 3.8) is 0 Å². The maximum absolute atomic E-state index is 12.4. The third-order valence-electron chi connectivity index (χ3n) is 3.53. The van der Waals surface area contributed by atoms with Crippen molar-refractivity contribution in [2.24, 2.45) is 5.73 Å². The Labute approximate surface area is 104 Å². The van der Waals surface area contributed by atoms with Gasteiger partial charge in [0.25, 0.3) is 0 Å². The van der Waals surface area contributed by atoms with Crippen LogP contribution in [0.3, 0.4) is 0 Å². The van der Waals surface area contributed by atoms with Crippen LogP contribution in [0.1, 0.15) is 31.7 Å². The molecule has 3 nitrogen and oxygen atoms in total. The number of anilines is 1. The van der Waals surface area contributed by atoms with Gasteiger partial charge in [0.1, 0.15) is 5.82 Å². The van der Waals surface area contributed by atoms with Gasteiger partial charge >= 0.3 is 6.18 Å². The first kappa shape index (κ1) is 13.1. The summed E-state index contributed by atoms with van der Waals surface area (Å²) in [5, 5.41) is 3.14. The Kier molecular flexibility index (Phi) is 3.23. The van der Waals surface area contributed by atoms with Crippen LogP contribution in [0.5, 0.6) is 0 Å². The zero-order valence-corrected chi connectivity index (χ0v) is 10.1. The van der Waals surface area contributed by atoms with Gasteiger partial charge < -0.3 is 11.1 Å². The number of nitrogens with one attached hydrogen (secondary N) is 1. The molecule has 0 bridgehead atoms. The molecule has 0 amide bonds. The van der Waals surface area contributed by atoms with Gasteiger partial charge in [0.15, 0.2) is 0 Å². The Hall–Kier alpha value is -1.30.